The molecule has 0 bridgehead atoms. The first-order chi connectivity index (χ1) is 13.7. The Kier molecular flexibility index (Phi) is 5.03. The molecule has 4 rings (SSSR count). The van der Waals surface area contributed by atoms with E-state index >= 15 is 0 Å². The number of hydrogen-bond acceptors (Lipinski definition) is 2. The Balaban J connectivity index is 1.53. The first kappa shape index (κ1) is 17.8. The Bertz CT molecular complexity index is 1170. The molecule has 0 aliphatic rings. The highest BCUT2D eigenvalue weighted by Gasteiger charge is 2.01. The van der Waals surface area contributed by atoms with Crippen molar-refractivity contribution in [3.8, 4) is 28.8 Å². The van der Waals surface area contributed by atoms with E-state index in [1.165, 1.54) is 12.1 Å². The number of benzene rings is 3. The van der Waals surface area contributed by atoms with Gasteiger partial charge in [0.2, 0.25) is 0 Å². The molecule has 136 valence electrons. The molecular formula is C25H18FNO. The van der Waals surface area contributed by atoms with Crippen LogP contribution in [-0.2, 0) is 0 Å². The van der Waals surface area contributed by atoms with Crippen molar-refractivity contribution in [1.29, 1.82) is 0 Å². The van der Waals surface area contributed by atoms with E-state index in [4.69, 9.17) is 4.74 Å². The van der Waals surface area contributed by atoms with Crippen molar-refractivity contribution in [3.05, 3.63) is 95.9 Å². The zero-order valence-electron chi connectivity index (χ0n) is 15.4. The second-order valence-electron chi connectivity index (χ2n) is 6.35. The number of nitrogens with zero attached hydrogens (tertiary/aromatic N) is 1. The molecule has 0 amide bonds. The fraction of sp³-hybridized carbons (Fsp3) is 0.0800. The summed E-state index contributed by atoms with van der Waals surface area (Å²) in [6.07, 6.45) is 1.73. The maximum Gasteiger partial charge on any atom is 0.137 e. The fourth-order valence-electron chi connectivity index (χ4n) is 2.97. The molecule has 0 saturated carbocycles. The van der Waals surface area contributed by atoms with E-state index in [2.05, 4.69) is 16.8 Å². The third-order valence-corrected chi connectivity index (χ3v) is 4.38. The summed E-state index contributed by atoms with van der Waals surface area (Å²) in [5.41, 5.74) is 3.75. The lowest BCUT2D eigenvalue weighted by atomic mass is 10.1. The summed E-state index contributed by atoms with van der Waals surface area (Å²) in [5, 5.41) is 1.85. The number of rotatable bonds is 3. The van der Waals surface area contributed by atoms with Crippen molar-refractivity contribution in [3.63, 3.8) is 0 Å². The molecule has 4 aromatic rings. The van der Waals surface area contributed by atoms with Crippen LogP contribution in [0.25, 0.3) is 22.0 Å². The summed E-state index contributed by atoms with van der Waals surface area (Å²) < 4.78 is 18.7. The molecular weight excluding hydrogens is 349 g/mol. The molecule has 1 heterocycles. The molecule has 3 aromatic carbocycles. The molecule has 2 nitrogen and oxygen atoms in total. The van der Waals surface area contributed by atoms with Gasteiger partial charge in [0, 0.05) is 16.7 Å². The summed E-state index contributed by atoms with van der Waals surface area (Å²) in [5.74, 6) is 6.89. The lowest BCUT2D eigenvalue weighted by Crippen LogP contribution is -1.92. The van der Waals surface area contributed by atoms with Gasteiger partial charge in [0.1, 0.15) is 11.6 Å². The molecule has 0 unspecified atom stereocenters. The van der Waals surface area contributed by atoms with Crippen LogP contribution in [0.1, 0.15) is 18.1 Å². The van der Waals surface area contributed by atoms with Crippen LogP contribution in [0.15, 0.2) is 79.0 Å². The predicted octanol–water partition coefficient (Wildman–Crippen LogP) is 5.84. The van der Waals surface area contributed by atoms with Gasteiger partial charge < -0.3 is 4.74 Å². The average molecular weight is 367 g/mol. The largest absolute Gasteiger partial charge is 0.492 e. The number of hydrogen-bond donors (Lipinski definition) is 0. The highest BCUT2D eigenvalue weighted by atomic mass is 19.1. The Labute approximate surface area is 163 Å². The van der Waals surface area contributed by atoms with Gasteiger partial charge in [-0.25, -0.2) is 4.39 Å². The topological polar surface area (TPSA) is 22.1 Å². The normalized spacial score (nSPS) is 10.4. The van der Waals surface area contributed by atoms with Crippen LogP contribution >= 0.6 is 0 Å². The van der Waals surface area contributed by atoms with Gasteiger partial charge in [-0.1, -0.05) is 36.1 Å². The van der Waals surface area contributed by atoms with Crippen molar-refractivity contribution < 1.29 is 9.13 Å². The molecule has 0 spiro atoms. The SMILES string of the molecule is CCOc1ccc(-c2ccc(C#Cc3ccc4cc(F)ccc4c3)cc2)nc1. The van der Waals surface area contributed by atoms with Gasteiger partial charge >= 0.3 is 0 Å². The molecule has 3 heteroatoms. The summed E-state index contributed by atoms with van der Waals surface area (Å²) in [4.78, 5) is 4.44. The third-order valence-electron chi connectivity index (χ3n) is 4.38. The van der Waals surface area contributed by atoms with Crippen LogP contribution in [0.2, 0.25) is 0 Å². The van der Waals surface area contributed by atoms with Crippen molar-refractivity contribution in [2.45, 2.75) is 6.92 Å². The first-order valence-electron chi connectivity index (χ1n) is 9.12. The monoisotopic (exact) mass is 367 g/mol. The van der Waals surface area contributed by atoms with Crippen LogP contribution in [0, 0.1) is 17.7 Å². The minimum Gasteiger partial charge on any atom is -0.492 e. The Morgan fingerprint density at radius 3 is 2.29 bits per heavy atom. The zero-order valence-corrected chi connectivity index (χ0v) is 15.4. The number of pyridine rings is 1. The Hall–Kier alpha value is -3.64. The van der Waals surface area contributed by atoms with Crippen molar-refractivity contribution in [2.24, 2.45) is 0 Å². The smallest absolute Gasteiger partial charge is 0.137 e. The van der Waals surface area contributed by atoms with E-state index in [9.17, 15) is 4.39 Å². The summed E-state index contributed by atoms with van der Waals surface area (Å²) in [6.45, 7) is 2.58. The second kappa shape index (κ2) is 7.94. The van der Waals surface area contributed by atoms with E-state index in [0.29, 0.717) is 6.61 Å². The van der Waals surface area contributed by atoms with Crippen molar-refractivity contribution in [2.75, 3.05) is 6.61 Å². The Morgan fingerprint density at radius 1 is 0.821 bits per heavy atom. The molecule has 0 radical (unpaired) electrons. The molecule has 28 heavy (non-hydrogen) atoms. The third kappa shape index (κ3) is 4.02. The first-order valence-corrected chi connectivity index (χ1v) is 9.12. The van der Waals surface area contributed by atoms with E-state index in [1.807, 2.05) is 61.5 Å². The van der Waals surface area contributed by atoms with Crippen LogP contribution in [0.3, 0.4) is 0 Å². The van der Waals surface area contributed by atoms with Crippen LogP contribution in [0.4, 0.5) is 4.39 Å². The summed E-state index contributed by atoms with van der Waals surface area (Å²) >= 11 is 0. The fourth-order valence-corrected chi connectivity index (χ4v) is 2.97. The van der Waals surface area contributed by atoms with E-state index in [-0.39, 0.29) is 5.82 Å². The zero-order chi connectivity index (χ0) is 19.3. The standard InChI is InChI=1S/C25H18FNO/c1-2-28-24-13-14-25(27-17-24)20-8-5-18(6-9-20)3-4-19-7-10-22-16-23(26)12-11-21(22)15-19/h5-17H,2H2,1H3. The second-order valence-corrected chi connectivity index (χ2v) is 6.35. The summed E-state index contributed by atoms with van der Waals surface area (Å²) in [7, 11) is 0. The number of halogens is 1. The van der Waals surface area contributed by atoms with Gasteiger partial charge in [-0.2, -0.15) is 0 Å². The van der Waals surface area contributed by atoms with E-state index in [0.717, 1.165) is 38.9 Å². The van der Waals surface area contributed by atoms with Crippen LogP contribution in [0.5, 0.6) is 5.75 Å². The van der Waals surface area contributed by atoms with Gasteiger partial charge in [0.15, 0.2) is 0 Å². The minimum atomic E-state index is -0.228. The maximum absolute atomic E-state index is 13.3. The van der Waals surface area contributed by atoms with Gasteiger partial charge in [-0.15, -0.1) is 0 Å². The van der Waals surface area contributed by atoms with Crippen molar-refractivity contribution >= 4 is 10.8 Å². The van der Waals surface area contributed by atoms with Crippen molar-refractivity contribution in [1.82, 2.24) is 4.98 Å². The van der Waals surface area contributed by atoms with Crippen LogP contribution < -0.4 is 4.74 Å². The molecule has 0 atom stereocenters. The average Bonchev–Trinajstić information content (AvgIpc) is 2.73. The Morgan fingerprint density at radius 2 is 1.54 bits per heavy atom. The lowest BCUT2D eigenvalue weighted by Gasteiger charge is -2.04. The van der Waals surface area contributed by atoms with Gasteiger partial charge in [0.25, 0.3) is 0 Å². The molecule has 0 fully saturated rings. The highest BCUT2D eigenvalue weighted by molar-refractivity contribution is 5.84. The molecule has 0 saturated heterocycles. The summed E-state index contributed by atoms with van der Waals surface area (Å²) in [6, 6.07) is 22.4. The number of ether oxygens (including phenoxy) is 1. The molecule has 0 aliphatic heterocycles. The van der Waals surface area contributed by atoms with Crippen LogP contribution in [-0.4, -0.2) is 11.6 Å². The van der Waals surface area contributed by atoms with Gasteiger partial charge in [-0.05, 0) is 66.2 Å². The van der Waals surface area contributed by atoms with E-state index in [1.54, 1.807) is 12.3 Å². The lowest BCUT2D eigenvalue weighted by molar-refractivity contribution is 0.339. The predicted molar refractivity (Wildman–Crippen MR) is 111 cm³/mol. The minimum absolute atomic E-state index is 0.228. The number of aromatic nitrogens is 1. The quantitative estimate of drug-likeness (QED) is 0.425. The van der Waals surface area contributed by atoms with E-state index < -0.39 is 0 Å². The molecule has 0 N–H and O–H groups in total. The highest BCUT2D eigenvalue weighted by Crippen LogP contribution is 2.20. The number of fused-ring (bicyclic) bond motifs is 1. The molecule has 0 aliphatic carbocycles. The molecule has 1 aromatic heterocycles. The van der Waals surface area contributed by atoms with Gasteiger partial charge in [-0.3, -0.25) is 4.98 Å². The maximum atomic E-state index is 13.3. The van der Waals surface area contributed by atoms with Gasteiger partial charge in [0.05, 0.1) is 18.5 Å².